The van der Waals surface area contributed by atoms with Crippen LogP contribution in [0.3, 0.4) is 0 Å². The number of esters is 1. The van der Waals surface area contributed by atoms with Crippen molar-refractivity contribution in [3.05, 3.63) is 46.8 Å². The number of carbonyl (C=O) groups is 3. The molecule has 1 aromatic heterocycles. The van der Waals surface area contributed by atoms with Crippen LogP contribution in [0.1, 0.15) is 27.0 Å². The number of amides is 1. The second kappa shape index (κ2) is 7.24. The first-order valence-corrected chi connectivity index (χ1v) is 7.91. The molecule has 2 aromatic rings. The number of anilines is 1. The number of rotatable bonds is 4. The standard InChI is InChI=1S/C15H13NO4S2/c1-9(17)16-11-8-12(13(18)20-2)21-15(11)22-14(19)10-6-4-3-5-7-10/h3-8H,1-2H3,(H,16,17). The van der Waals surface area contributed by atoms with Crippen molar-refractivity contribution in [3.8, 4) is 0 Å². The highest BCUT2D eigenvalue weighted by atomic mass is 32.2. The first-order valence-electron chi connectivity index (χ1n) is 6.28. The predicted molar refractivity (Wildman–Crippen MR) is 86.6 cm³/mol. The van der Waals surface area contributed by atoms with E-state index in [0.717, 1.165) is 23.1 Å². The van der Waals surface area contributed by atoms with Gasteiger partial charge >= 0.3 is 5.97 Å². The van der Waals surface area contributed by atoms with E-state index in [0.29, 0.717) is 20.3 Å². The van der Waals surface area contributed by atoms with Crippen LogP contribution < -0.4 is 5.32 Å². The van der Waals surface area contributed by atoms with Crippen LogP contribution in [0.2, 0.25) is 0 Å². The van der Waals surface area contributed by atoms with Crippen molar-refractivity contribution in [2.45, 2.75) is 11.1 Å². The Morgan fingerprint density at radius 3 is 2.45 bits per heavy atom. The SMILES string of the molecule is COC(=O)c1cc(NC(C)=O)c(SC(=O)c2ccccc2)s1. The summed E-state index contributed by atoms with van der Waals surface area (Å²) in [7, 11) is 1.28. The zero-order valence-electron chi connectivity index (χ0n) is 11.9. The highest BCUT2D eigenvalue weighted by molar-refractivity contribution is 8.15. The maximum absolute atomic E-state index is 12.2. The molecule has 0 aliphatic heterocycles. The molecule has 0 saturated heterocycles. The van der Waals surface area contributed by atoms with Crippen molar-refractivity contribution in [1.82, 2.24) is 0 Å². The summed E-state index contributed by atoms with van der Waals surface area (Å²) >= 11 is 2.08. The van der Waals surface area contributed by atoms with E-state index in [-0.39, 0.29) is 11.0 Å². The molecule has 0 fully saturated rings. The number of ether oxygens (including phenoxy) is 1. The van der Waals surface area contributed by atoms with E-state index < -0.39 is 5.97 Å². The van der Waals surface area contributed by atoms with Gasteiger partial charge in [-0.15, -0.1) is 11.3 Å². The van der Waals surface area contributed by atoms with E-state index >= 15 is 0 Å². The molecule has 1 amide bonds. The number of nitrogens with one attached hydrogen (secondary N) is 1. The van der Waals surface area contributed by atoms with Gasteiger partial charge in [-0.3, -0.25) is 9.59 Å². The molecule has 5 nitrogen and oxygen atoms in total. The monoisotopic (exact) mass is 335 g/mol. The van der Waals surface area contributed by atoms with Crippen LogP contribution in [0.5, 0.6) is 0 Å². The first kappa shape index (κ1) is 16.3. The Bertz CT molecular complexity index is 710. The lowest BCUT2D eigenvalue weighted by atomic mass is 10.2. The van der Waals surface area contributed by atoms with Crippen molar-refractivity contribution in [2.75, 3.05) is 12.4 Å². The lowest BCUT2D eigenvalue weighted by molar-refractivity contribution is -0.114. The van der Waals surface area contributed by atoms with Gasteiger partial charge in [-0.25, -0.2) is 4.79 Å². The van der Waals surface area contributed by atoms with Crippen molar-refractivity contribution in [2.24, 2.45) is 0 Å². The number of hydrogen-bond donors (Lipinski definition) is 1. The summed E-state index contributed by atoms with van der Waals surface area (Å²) in [6.07, 6.45) is 0. The van der Waals surface area contributed by atoms with Crippen LogP contribution in [0.15, 0.2) is 40.6 Å². The highest BCUT2D eigenvalue weighted by Crippen LogP contribution is 2.38. The van der Waals surface area contributed by atoms with E-state index in [1.54, 1.807) is 24.3 Å². The molecule has 2 rings (SSSR count). The molecule has 1 heterocycles. The summed E-state index contributed by atoms with van der Waals surface area (Å²) in [4.78, 5) is 35.4. The van der Waals surface area contributed by atoms with Gasteiger partial charge < -0.3 is 10.1 Å². The third-order valence-corrected chi connectivity index (χ3v) is 4.83. The third kappa shape index (κ3) is 3.96. The highest BCUT2D eigenvalue weighted by Gasteiger charge is 2.19. The molecule has 1 aromatic carbocycles. The summed E-state index contributed by atoms with van der Waals surface area (Å²) in [5.74, 6) is -0.779. The molecular weight excluding hydrogens is 322 g/mol. The molecule has 0 unspecified atom stereocenters. The van der Waals surface area contributed by atoms with Crippen molar-refractivity contribution >= 4 is 45.8 Å². The first-order chi connectivity index (χ1) is 10.5. The van der Waals surface area contributed by atoms with Crippen molar-refractivity contribution in [1.29, 1.82) is 0 Å². The van der Waals surface area contributed by atoms with Crippen LogP contribution in [-0.4, -0.2) is 24.1 Å². The fourth-order valence-corrected chi connectivity index (χ4v) is 3.71. The Balaban J connectivity index is 2.28. The van der Waals surface area contributed by atoms with Gasteiger partial charge in [0.25, 0.3) is 0 Å². The van der Waals surface area contributed by atoms with Gasteiger partial charge in [-0.05, 0) is 17.8 Å². The van der Waals surface area contributed by atoms with Crippen LogP contribution in [0, 0.1) is 0 Å². The van der Waals surface area contributed by atoms with Gasteiger partial charge in [0.1, 0.15) is 4.88 Å². The van der Waals surface area contributed by atoms with Crippen molar-refractivity contribution < 1.29 is 19.1 Å². The lowest BCUT2D eigenvalue weighted by Gasteiger charge is -2.03. The molecule has 0 aliphatic carbocycles. The van der Waals surface area contributed by atoms with E-state index in [9.17, 15) is 14.4 Å². The van der Waals surface area contributed by atoms with E-state index in [4.69, 9.17) is 0 Å². The Hall–Kier alpha value is -2.12. The van der Waals surface area contributed by atoms with Gasteiger partial charge in [0, 0.05) is 12.5 Å². The number of thioether (sulfide) groups is 1. The minimum atomic E-state index is -0.504. The number of methoxy groups -OCH3 is 1. The Morgan fingerprint density at radius 1 is 1.18 bits per heavy atom. The number of benzene rings is 1. The lowest BCUT2D eigenvalue weighted by Crippen LogP contribution is -2.06. The fourth-order valence-electron chi connectivity index (χ4n) is 1.65. The largest absolute Gasteiger partial charge is 0.465 e. The number of hydrogen-bond acceptors (Lipinski definition) is 6. The molecule has 22 heavy (non-hydrogen) atoms. The van der Waals surface area contributed by atoms with Crippen LogP contribution in [0.25, 0.3) is 0 Å². The predicted octanol–water partition coefficient (Wildman–Crippen LogP) is 3.43. The van der Waals surface area contributed by atoms with Crippen molar-refractivity contribution in [3.63, 3.8) is 0 Å². The molecule has 1 N–H and O–H groups in total. The fraction of sp³-hybridized carbons (Fsp3) is 0.133. The van der Waals surface area contributed by atoms with Gasteiger partial charge in [-0.1, -0.05) is 30.3 Å². The molecule has 0 bridgehead atoms. The summed E-state index contributed by atoms with van der Waals surface area (Å²) < 4.78 is 5.21. The minimum Gasteiger partial charge on any atom is -0.465 e. The topological polar surface area (TPSA) is 72.5 Å². The quantitative estimate of drug-likeness (QED) is 0.684. The Kier molecular flexibility index (Phi) is 5.35. The average molecular weight is 335 g/mol. The van der Waals surface area contributed by atoms with Crippen LogP contribution in [-0.2, 0) is 9.53 Å². The smallest absolute Gasteiger partial charge is 0.348 e. The second-order valence-electron chi connectivity index (χ2n) is 4.24. The van der Waals surface area contributed by atoms with Crippen LogP contribution >= 0.6 is 23.1 Å². The molecule has 0 radical (unpaired) electrons. The van der Waals surface area contributed by atoms with Gasteiger partial charge in [0.2, 0.25) is 11.0 Å². The molecule has 0 aliphatic rings. The molecular formula is C15H13NO4S2. The van der Waals surface area contributed by atoms with Gasteiger partial charge in [-0.2, -0.15) is 0 Å². The molecule has 0 saturated carbocycles. The van der Waals surface area contributed by atoms with E-state index in [1.165, 1.54) is 20.1 Å². The maximum Gasteiger partial charge on any atom is 0.348 e. The Labute approximate surface area is 135 Å². The molecule has 0 atom stereocenters. The average Bonchev–Trinajstić information content (AvgIpc) is 2.89. The second-order valence-corrected chi connectivity index (χ2v) is 6.53. The summed E-state index contributed by atoms with van der Waals surface area (Å²) in [5.41, 5.74) is 0.987. The Morgan fingerprint density at radius 2 is 1.86 bits per heavy atom. The minimum absolute atomic E-state index is 0.162. The van der Waals surface area contributed by atoms with E-state index in [2.05, 4.69) is 10.1 Å². The molecule has 7 heteroatoms. The molecule has 114 valence electrons. The normalized spacial score (nSPS) is 10.1. The van der Waals surface area contributed by atoms with Gasteiger partial charge in [0.15, 0.2) is 0 Å². The van der Waals surface area contributed by atoms with E-state index in [1.807, 2.05) is 6.07 Å². The molecule has 0 spiro atoms. The summed E-state index contributed by atoms with van der Waals surface area (Å²) in [5, 5.41) is 2.46. The summed E-state index contributed by atoms with van der Waals surface area (Å²) in [6.45, 7) is 1.36. The maximum atomic E-state index is 12.2. The number of thiophene rings is 1. The van der Waals surface area contributed by atoms with Crippen LogP contribution in [0.4, 0.5) is 5.69 Å². The zero-order chi connectivity index (χ0) is 16.1. The summed E-state index contributed by atoms with van der Waals surface area (Å²) in [6, 6.07) is 10.3. The number of carbonyl (C=O) groups excluding carboxylic acids is 3. The third-order valence-electron chi connectivity index (χ3n) is 2.59. The zero-order valence-corrected chi connectivity index (χ0v) is 13.5. The van der Waals surface area contributed by atoms with Gasteiger partial charge in [0.05, 0.1) is 17.0 Å².